The van der Waals surface area contributed by atoms with E-state index >= 15 is 0 Å². The first kappa shape index (κ1) is 10.1. The molecule has 1 N–H and O–H groups in total. The standard InChI is InChI=1S/C11H13NO3/c1-15-10(14)9(13)11(4-5-11)8-3-2-6-12-7-8/h2-3,6-7,9,13H,4-5H2,1H3. The summed E-state index contributed by atoms with van der Waals surface area (Å²) in [5.41, 5.74) is 0.448. The molecule has 1 unspecified atom stereocenters. The predicted octanol–water partition coefficient (Wildman–Crippen LogP) is 0.647. The fourth-order valence-corrected chi connectivity index (χ4v) is 1.85. The lowest BCUT2D eigenvalue weighted by Gasteiger charge is -2.19. The van der Waals surface area contributed by atoms with Gasteiger partial charge in [-0.2, -0.15) is 0 Å². The largest absolute Gasteiger partial charge is 0.467 e. The molecule has 4 nitrogen and oxygen atoms in total. The van der Waals surface area contributed by atoms with Crippen LogP contribution in [0, 0.1) is 0 Å². The van der Waals surface area contributed by atoms with E-state index in [1.54, 1.807) is 18.5 Å². The number of ether oxygens (including phenoxy) is 1. The van der Waals surface area contributed by atoms with Gasteiger partial charge in [-0.15, -0.1) is 0 Å². The van der Waals surface area contributed by atoms with Gasteiger partial charge < -0.3 is 9.84 Å². The Morgan fingerprint density at radius 1 is 1.67 bits per heavy atom. The van der Waals surface area contributed by atoms with Crippen molar-refractivity contribution in [2.75, 3.05) is 7.11 Å². The van der Waals surface area contributed by atoms with E-state index < -0.39 is 17.5 Å². The number of hydrogen-bond donors (Lipinski definition) is 1. The summed E-state index contributed by atoms with van der Waals surface area (Å²) >= 11 is 0. The number of carbonyl (C=O) groups excluding carboxylic acids is 1. The molecule has 0 amide bonds. The van der Waals surface area contributed by atoms with Crippen molar-refractivity contribution in [3.63, 3.8) is 0 Å². The van der Waals surface area contributed by atoms with Crippen LogP contribution in [0.5, 0.6) is 0 Å². The highest BCUT2D eigenvalue weighted by atomic mass is 16.5. The fourth-order valence-electron chi connectivity index (χ4n) is 1.85. The van der Waals surface area contributed by atoms with Gasteiger partial charge in [-0.05, 0) is 24.5 Å². The maximum atomic E-state index is 11.3. The summed E-state index contributed by atoms with van der Waals surface area (Å²) in [6, 6.07) is 3.69. The number of methoxy groups -OCH3 is 1. The summed E-state index contributed by atoms with van der Waals surface area (Å²) < 4.78 is 4.55. The van der Waals surface area contributed by atoms with E-state index in [4.69, 9.17) is 0 Å². The minimum atomic E-state index is -1.08. The number of aliphatic hydroxyl groups excluding tert-OH is 1. The van der Waals surface area contributed by atoms with Crippen molar-refractivity contribution in [2.45, 2.75) is 24.4 Å². The monoisotopic (exact) mass is 207 g/mol. The maximum Gasteiger partial charge on any atom is 0.335 e. The Hall–Kier alpha value is -1.42. The van der Waals surface area contributed by atoms with E-state index in [9.17, 15) is 9.90 Å². The molecule has 1 atom stereocenters. The zero-order chi connectivity index (χ0) is 10.9. The Bertz CT molecular complexity index is 359. The molecule has 2 rings (SSSR count). The highest BCUT2D eigenvalue weighted by molar-refractivity contribution is 5.77. The lowest BCUT2D eigenvalue weighted by molar-refractivity contribution is -0.152. The van der Waals surface area contributed by atoms with Crippen molar-refractivity contribution < 1.29 is 14.6 Å². The van der Waals surface area contributed by atoms with Gasteiger partial charge in [0, 0.05) is 17.8 Å². The first-order valence-electron chi connectivity index (χ1n) is 4.87. The predicted molar refractivity (Wildman–Crippen MR) is 53.2 cm³/mol. The molecule has 1 heterocycles. The van der Waals surface area contributed by atoms with Crippen molar-refractivity contribution in [3.8, 4) is 0 Å². The van der Waals surface area contributed by atoms with Crippen molar-refractivity contribution in [1.29, 1.82) is 0 Å². The summed E-state index contributed by atoms with van der Waals surface area (Å²) in [6.07, 6.45) is 3.89. The Morgan fingerprint density at radius 2 is 2.40 bits per heavy atom. The number of aliphatic hydroxyl groups is 1. The van der Waals surface area contributed by atoms with Gasteiger partial charge in [0.25, 0.3) is 0 Å². The van der Waals surface area contributed by atoms with E-state index in [1.165, 1.54) is 7.11 Å². The second kappa shape index (κ2) is 3.62. The number of hydrogen-bond acceptors (Lipinski definition) is 4. The normalized spacial score (nSPS) is 19.3. The first-order valence-corrected chi connectivity index (χ1v) is 4.87. The summed E-state index contributed by atoms with van der Waals surface area (Å²) in [7, 11) is 1.28. The summed E-state index contributed by atoms with van der Waals surface area (Å²) in [5, 5.41) is 9.86. The van der Waals surface area contributed by atoms with Crippen LogP contribution in [0.1, 0.15) is 18.4 Å². The van der Waals surface area contributed by atoms with Crippen LogP contribution in [0.25, 0.3) is 0 Å². The summed E-state index contributed by atoms with van der Waals surface area (Å²) in [6.45, 7) is 0. The molecule has 0 saturated heterocycles. The highest BCUT2D eigenvalue weighted by Gasteiger charge is 2.53. The van der Waals surface area contributed by atoms with Crippen LogP contribution in [0.4, 0.5) is 0 Å². The average molecular weight is 207 g/mol. The van der Waals surface area contributed by atoms with Gasteiger partial charge in [0.1, 0.15) is 0 Å². The third-order valence-electron chi connectivity index (χ3n) is 2.97. The molecule has 80 valence electrons. The van der Waals surface area contributed by atoms with Crippen molar-refractivity contribution in [1.82, 2.24) is 4.98 Å². The molecule has 1 aromatic heterocycles. The van der Waals surface area contributed by atoms with Crippen molar-refractivity contribution >= 4 is 5.97 Å². The van der Waals surface area contributed by atoms with Crippen molar-refractivity contribution in [2.24, 2.45) is 0 Å². The Kier molecular flexibility index (Phi) is 2.44. The molecule has 1 fully saturated rings. The van der Waals surface area contributed by atoms with E-state index in [2.05, 4.69) is 9.72 Å². The quantitative estimate of drug-likeness (QED) is 0.739. The number of nitrogens with zero attached hydrogens (tertiary/aromatic N) is 1. The zero-order valence-electron chi connectivity index (χ0n) is 8.51. The van der Waals surface area contributed by atoms with Gasteiger partial charge in [0.15, 0.2) is 6.10 Å². The van der Waals surface area contributed by atoms with E-state index in [-0.39, 0.29) is 0 Å². The number of pyridine rings is 1. The van der Waals surface area contributed by atoms with Gasteiger partial charge in [-0.3, -0.25) is 4.98 Å². The molecular weight excluding hydrogens is 194 g/mol. The van der Waals surface area contributed by atoms with Crippen LogP contribution in [-0.4, -0.2) is 29.3 Å². The summed E-state index contributed by atoms with van der Waals surface area (Å²) in [4.78, 5) is 15.3. The van der Waals surface area contributed by atoms with Crippen LogP contribution < -0.4 is 0 Å². The molecule has 1 aromatic rings. The topological polar surface area (TPSA) is 59.4 Å². The number of aromatic nitrogens is 1. The average Bonchev–Trinajstić information content (AvgIpc) is 3.09. The third-order valence-corrected chi connectivity index (χ3v) is 2.97. The smallest absolute Gasteiger partial charge is 0.335 e. The van der Waals surface area contributed by atoms with Crippen molar-refractivity contribution in [3.05, 3.63) is 30.1 Å². The minimum Gasteiger partial charge on any atom is -0.467 e. The first-order chi connectivity index (χ1) is 7.20. The number of rotatable bonds is 3. The molecule has 1 aliphatic rings. The van der Waals surface area contributed by atoms with Crippen LogP contribution in [-0.2, 0) is 14.9 Å². The Labute approximate surface area is 87.9 Å². The van der Waals surface area contributed by atoms with Crippen LogP contribution in [0.15, 0.2) is 24.5 Å². The molecule has 4 heteroatoms. The molecule has 0 aromatic carbocycles. The molecule has 1 aliphatic carbocycles. The molecule has 0 spiro atoms. The molecule has 1 saturated carbocycles. The van der Waals surface area contributed by atoms with Crippen LogP contribution >= 0.6 is 0 Å². The third kappa shape index (κ3) is 1.61. The van der Waals surface area contributed by atoms with Gasteiger partial charge in [-0.1, -0.05) is 6.07 Å². The van der Waals surface area contributed by atoms with E-state index in [0.717, 1.165) is 18.4 Å². The summed E-state index contributed by atoms with van der Waals surface area (Å²) in [5.74, 6) is -0.573. The van der Waals surface area contributed by atoms with E-state index in [0.29, 0.717) is 0 Å². The second-order valence-corrected chi connectivity index (χ2v) is 3.82. The molecule has 0 aliphatic heterocycles. The van der Waals surface area contributed by atoms with Gasteiger partial charge >= 0.3 is 5.97 Å². The number of carbonyl (C=O) groups is 1. The zero-order valence-corrected chi connectivity index (χ0v) is 8.51. The SMILES string of the molecule is COC(=O)C(O)C1(c2cccnc2)CC1. The fraction of sp³-hybridized carbons (Fsp3) is 0.455. The molecule has 15 heavy (non-hydrogen) atoms. The maximum absolute atomic E-state index is 11.3. The minimum absolute atomic E-state index is 0.457. The van der Waals surface area contributed by atoms with Gasteiger partial charge in [-0.25, -0.2) is 4.79 Å². The van der Waals surface area contributed by atoms with Gasteiger partial charge in [0.05, 0.1) is 7.11 Å². The second-order valence-electron chi connectivity index (χ2n) is 3.82. The van der Waals surface area contributed by atoms with Crippen LogP contribution in [0.3, 0.4) is 0 Å². The highest BCUT2D eigenvalue weighted by Crippen LogP contribution is 2.50. The lowest BCUT2D eigenvalue weighted by atomic mass is 9.91. The Morgan fingerprint density at radius 3 is 2.87 bits per heavy atom. The number of esters is 1. The Balaban J connectivity index is 2.25. The lowest BCUT2D eigenvalue weighted by Crippen LogP contribution is -2.35. The van der Waals surface area contributed by atoms with Gasteiger partial charge in [0.2, 0.25) is 0 Å². The molecular formula is C11H13NO3. The van der Waals surface area contributed by atoms with E-state index in [1.807, 2.05) is 6.07 Å². The molecule has 0 radical (unpaired) electrons. The molecule has 0 bridgehead atoms. The van der Waals surface area contributed by atoms with Crippen LogP contribution in [0.2, 0.25) is 0 Å².